The van der Waals surface area contributed by atoms with Crippen molar-refractivity contribution in [1.29, 1.82) is 0 Å². The van der Waals surface area contributed by atoms with E-state index in [9.17, 15) is 4.79 Å². The van der Waals surface area contributed by atoms with Gasteiger partial charge in [-0.05, 0) is 51.2 Å². The van der Waals surface area contributed by atoms with Crippen molar-refractivity contribution in [3.8, 4) is 0 Å². The summed E-state index contributed by atoms with van der Waals surface area (Å²) in [5.41, 5.74) is 0.315. The number of likely N-dealkylation sites (tertiary alicyclic amines) is 2. The first kappa shape index (κ1) is 13.0. The third kappa shape index (κ3) is 2.71. The minimum absolute atomic E-state index is 0.150. The summed E-state index contributed by atoms with van der Waals surface area (Å²) in [7, 11) is 2.15. The second kappa shape index (κ2) is 4.69. The van der Waals surface area contributed by atoms with E-state index in [-0.39, 0.29) is 5.54 Å². The molecule has 2 heterocycles. The van der Waals surface area contributed by atoms with Crippen LogP contribution in [0.5, 0.6) is 0 Å². The van der Waals surface area contributed by atoms with Crippen LogP contribution in [0.25, 0.3) is 0 Å². The maximum absolute atomic E-state index is 11.6. The molecule has 2 aliphatic heterocycles. The van der Waals surface area contributed by atoms with Crippen molar-refractivity contribution < 1.29 is 4.79 Å². The zero-order valence-corrected chi connectivity index (χ0v) is 11.5. The van der Waals surface area contributed by atoms with E-state index in [1.165, 1.54) is 19.1 Å². The molecule has 0 aromatic carbocycles. The summed E-state index contributed by atoms with van der Waals surface area (Å²) in [5.74, 6) is 0. The molecule has 2 rings (SSSR count). The molecule has 0 radical (unpaired) electrons. The van der Waals surface area contributed by atoms with Crippen molar-refractivity contribution in [3.63, 3.8) is 0 Å². The van der Waals surface area contributed by atoms with Gasteiger partial charge in [-0.3, -0.25) is 4.90 Å². The minimum Gasteiger partial charge on any atom is -0.306 e. The van der Waals surface area contributed by atoms with Gasteiger partial charge in [-0.2, -0.15) is 0 Å². The van der Waals surface area contributed by atoms with Gasteiger partial charge in [0.05, 0.1) is 5.54 Å². The summed E-state index contributed by atoms with van der Waals surface area (Å²) in [4.78, 5) is 16.4. The number of nitrogens with zero attached hydrogens (tertiary/aromatic N) is 2. The molecule has 0 aromatic heterocycles. The van der Waals surface area contributed by atoms with Crippen LogP contribution < -0.4 is 0 Å². The number of rotatable bonds is 2. The quantitative estimate of drug-likeness (QED) is 0.685. The number of aldehydes is 1. The van der Waals surface area contributed by atoms with Crippen molar-refractivity contribution in [2.75, 3.05) is 33.2 Å². The Morgan fingerprint density at radius 2 is 1.47 bits per heavy atom. The summed E-state index contributed by atoms with van der Waals surface area (Å²) < 4.78 is 0. The van der Waals surface area contributed by atoms with Crippen LogP contribution in [0.4, 0.5) is 0 Å². The molecule has 0 spiro atoms. The molecule has 0 saturated carbocycles. The number of piperidine rings is 2. The normalized spacial score (nSPS) is 30.1. The smallest absolute Gasteiger partial charge is 0.140 e. The highest BCUT2D eigenvalue weighted by Gasteiger charge is 2.41. The Balaban J connectivity index is 2.02. The molecular formula is C14H26N2O. The van der Waals surface area contributed by atoms with Crippen molar-refractivity contribution >= 4 is 6.29 Å². The Labute approximate surface area is 105 Å². The van der Waals surface area contributed by atoms with Gasteiger partial charge in [-0.1, -0.05) is 13.8 Å². The molecule has 17 heavy (non-hydrogen) atoms. The van der Waals surface area contributed by atoms with Crippen LogP contribution in [0.1, 0.15) is 39.5 Å². The molecule has 2 saturated heterocycles. The van der Waals surface area contributed by atoms with Crippen LogP contribution >= 0.6 is 0 Å². The monoisotopic (exact) mass is 238 g/mol. The first-order chi connectivity index (χ1) is 7.97. The van der Waals surface area contributed by atoms with E-state index < -0.39 is 0 Å². The van der Waals surface area contributed by atoms with Crippen molar-refractivity contribution in [1.82, 2.24) is 9.80 Å². The van der Waals surface area contributed by atoms with Crippen molar-refractivity contribution in [3.05, 3.63) is 0 Å². The highest BCUT2D eigenvalue weighted by molar-refractivity contribution is 5.64. The molecule has 0 bridgehead atoms. The minimum atomic E-state index is -0.150. The van der Waals surface area contributed by atoms with Crippen LogP contribution in [-0.4, -0.2) is 54.9 Å². The first-order valence-corrected chi connectivity index (χ1v) is 6.87. The standard InChI is InChI=1S/C14H26N2O/c1-13(2)4-10-16(11-5-13)14(12-17)6-8-15(3)9-7-14/h12H,4-11H2,1-3H3. The molecule has 2 aliphatic rings. The van der Waals surface area contributed by atoms with Crippen LogP contribution in [0, 0.1) is 5.41 Å². The van der Waals surface area contributed by atoms with E-state index in [1.807, 2.05) is 0 Å². The van der Waals surface area contributed by atoms with Crippen LogP contribution in [0.2, 0.25) is 0 Å². The third-order valence-corrected chi connectivity index (χ3v) is 4.82. The van der Waals surface area contributed by atoms with E-state index in [2.05, 4.69) is 30.7 Å². The molecule has 0 N–H and O–H groups in total. The van der Waals surface area contributed by atoms with E-state index in [0.717, 1.165) is 39.0 Å². The van der Waals surface area contributed by atoms with E-state index in [4.69, 9.17) is 0 Å². The molecule has 0 aromatic rings. The first-order valence-electron chi connectivity index (χ1n) is 6.87. The lowest BCUT2D eigenvalue weighted by Crippen LogP contribution is -2.58. The Kier molecular flexibility index (Phi) is 3.60. The van der Waals surface area contributed by atoms with Crippen LogP contribution in [0.3, 0.4) is 0 Å². The predicted molar refractivity (Wildman–Crippen MR) is 70.1 cm³/mol. The van der Waals surface area contributed by atoms with Crippen LogP contribution in [-0.2, 0) is 4.79 Å². The molecule has 0 aliphatic carbocycles. The van der Waals surface area contributed by atoms with E-state index in [1.54, 1.807) is 0 Å². The fraction of sp³-hybridized carbons (Fsp3) is 0.929. The lowest BCUT2D eigenvalue weighted by atomic mass is 9.79. The van der Waals surface area contributed by atoms with Crippen molar-refractivity contribution in [2.24, 2.45) is 5.41 Å². The summed E-state index contributed by atoms with van der Waals surface area (Å²) in [6.07, 6.45) is 5.69. The van der Waals surface area contributed by atoms with Gasteiger partial charge in [0.2, 0.25) is 0 Å². The lowest BCUT2D eigenvalue weighted by molar-refractivity contribution is -0.124. The fourth-order valence-electron chi connectivity index (χ4n) is 3.07. The van der Waals surface area contributed by atoms with Crippen LogP contribution in [0.15, 0.2) is 0 Å². The summed E-state index contributed by atoms with van der Waals surface area (Å²) in [5, 5.41) is 0. The second-order valence-electron chi connectivity index (χ2n) is 6.68. The largest absolute Gasteiger partial charge is 0.306 e. The third-order valence-electron chi connectivity index (χ3n) is 4.82. The van der Waals surface area contributed by atoms with Gasteiger partial charge in [-0.15, -0.1) is 0 Å². The van der Waals surface area contributed by atoms with E-state index >= 15 is 0 Å². The molecule has 0 amide bonds. The number of hydrogen-bond acceptors (Lipinski definition) is 3. The van der Waals surface area contributed by atoms with Gasteiger partial charge < -0.3 is 9.69 Å². The maximum atomic E-state index is 11.6. The zero-order valence-electron chi connectivity index (χ0n) is 11.5. The Morgan fingerprint density at radius 3 is 1.94 bits per heavy atom. The molecular weight excluding hydrogens is 212 g/mol. The Hall–Kier alpha value is -0.410. The molecule has 3 nitrogen and oxygen atoms in total. The summed E-state index contributed by atoms with van der Waals surface area (Å²) in [6.45, 7) is 8.97. The second-order valence-corrected chi connectivity index (χ2v) is 6.68. The molecule has 3 heteroatoms. The summed E-state index contributed by atoms with van der Waals surface area (Å²) >= 11 is 0. The lowest BCUT2D eigenvalue weighted by Gasteiger charge is -2.49. The number of carbonyl (C=O) groups excluding carboxylic acids is 1. The average Bonchev–Trinajstić information content (AvgIpc) is 2.31. The van der Waals surface area contributed by atoms with Gasteiger partial charge in [0.1, 0.15) is 6.29 Å². The fourth-order valence-corrected chi connectivity index (χ4v) is 3.07. The van der Waals surface area contributed by atoms with Crippen molar-refractivity contribution in [2.45, 2.75) is 45.1 Å². The van der Waals surface area contributed by atoms with E-state index in [0.29, 0.717) is 5.41 Å². The zero-order chi connectivity index (χ0) is 12.5. The molecule has 2 fully saturated rings. The van der Waals surface area contributed by atoms with Gasteiger partial charge >= 0.3 is 0 Å². The molecule has 0 atom stereocenters. The molecule has 0 unspecified atom stereocenters. The molecule has 98 valence electrons. The maximum Gasteiger partial charge on any atom is 0.140 e. The SMILES string of the molecule is CN1CCC(C=O)(N2CCC(C)(C)CC2)CC1. The predicted octanol–water partition coefficient (Wildman–Crippen LogP) is 1.77. The Bertz CT molecular complexity index is 270. The summed E-state index contributed by atoms with van der Waals surface area (Å²) in [6, 6.07) is 0. The highest BCUT2D eigenvalue weighted by Crippen LogP contribution is 2.35. The highest BCUT2D eigenvalue weighted by atomic mass is 16.1. The number of hydrogen-bond donors (Lipinski definition) is 0. The average molecular weight is 238 g/mol. The Morgan fingerprint density at radius 1 is 0.941 bits per heavy atom. The van der Waals surface area contributed by atoms with Gasteiger partial charge in [0, 0.05) is 13.1 Å². The van der Waals surface area contributed by atoms with Gasteiger partial charge in [0.25, 0.3) is 0 Å². The van der Waals surface area contributed by atoms with Gasteiger partial charge in [0.15, 0.2) is 0 Å². The topological polar surface area (TPSA) is 23.6 Å². The number of carbonyl (C=O) groups is 1. The van der Waals surface area contributed by atoms with Gasteiger partial charge in [-0.25, -0.2) is 0 Å².